The van der Waals surface area contributed by atoms with Crippen molar-refractivity contribution in [2.45, 2.75) is 6.92 Å². The summed E-state index contributed by atoms with van der Waals surface area (Å²) in [6, 6.07) is 7.87. The van der Waals surface area contributed by atoms with E-state index in [1.807, 2.05) is 29.6 Å². The van der Waals surface area contributed by atoms with Crippen LogP contribution in [0.3, 0.4) is 0 Å². The monoisotopic (exact) mass is 274 g/mol. The molecular formula is C15H18N2OS. The van der Waals surface area contributed by atoms with Gasteiger partial charge in [0.15, 0.2) is 0 Å². The van der Waals surface area contributed by atoms with Gasteiger partial charge in [0, 0.05) is 41.6 Å². The lowest BCUT2D eigenvalue weighted by Crippen LogP contribution is -2.47. The Kier molecular flexibility index (Phi) is 3.53. The molecule has 0 atom stereocenters. The third-order valence-electron chi connectivity index (χ3n) is 3.82. The topological polar surface area (TPSA) is 23.6 Å². The number of rotatable bonds is 2. The van der Waals surface area contributed by atoms with Gasteiger partial charge in [-0.3, -0.25) is 4.79 Å². The van der Waals surface area contributed by atoms with Crippen molar-refractivity contribution in [1.82, 2.24) is 4.90 Å². The number of piperazine rings is 1. The molecule has 0 bridgehead atoms. The third kappa shape index (κ3) is 2.38. The first-order chi connectivity index (χ1) is 9.29. The van der Waals surface area contributed by atoms with E-state index in [1.165, 1.54) is 0 Å². The Labute approximate surface area is 117 Å². The summed E-state index contributed by atoms with van der Waals surface area (Å²) in [4.78, 5) is 17.2. The maximum absolute atomic E-state index is 12.5. The molecule has 1 aliphatic rings. The van der Waals surface area contributed by atoms with Crippen LogP contribution in [0, 0.1) is 0 Å². The largest absolute Gasteiger partial charge is 0.365 e. The zero-order valence-corrected chi connectivity index (χ0v) is 11.9. The molecule has 0 aliphatic carbocycles. The number of nitrogens with zero attached hydrogens (tertiary/aromatic N) is 2. The van der Waals surface area contributed by atoms with Crippen LogP contribution in [0.15, 0.2) is 34.4 Å². The summed E-state index contributed by atoms with van der Waals surface area (Å²) in [5.41, 5.74) is 1.05. The maximum atomic E-state index is 12.5. The summed E-state index contributed by atoms with van der Waals surface area (Å²) in [5, 5.41) is 2.87. The first-order valence-corrected chi connectivity index (χ1v) is 7.65. The molecule has 1 aliphatic heterocycles. The lowest BCUT2D eigenvalue weighted by molar-refractivity contribution is 0.271. The zero-order valence-electron chi connectivity index (χ0n) is 11.1. The van der Waals surface area contributed by atoms with Crippen LogP contribution < -0.4 is 10.3 Å². The number of anilines is 1. The van der Waals surface area contributed by atoms with Crippen molar-refractivity contribution in [3.8, 4) is 0 Å². The predicted molar refractivity (Wildman–Crippen MR) is 82.4 cm³/mol. The molecule has 1 fully saturated rings. The summed E-state index contributed by atoms with van der Waals surface area (Å²) < 4.78 is 1.07. The molecule has 3 nitrogen and oxygen atoms in total. The van der Waals surface area contributed by atoms with E-state index in [0.717, 1.165) is 48.5 Å². The summed E-state index contributed by atoms with van der Waals surface area (Å²) in [6.07, 6.45) is 0. The Morgan fingerprint density at radius 2 is 1.89 bits per heavy atom. The lowest BCUT2D eigenvalue weighted by atomic mass is 10.2. The smallest absolute Gasteiger partial charge is 0.211 e. The molecule has 0 saturated carbocycles. The zero-order chi connectivity index (χ0) is 13.2. The lowest BCUT2D eigenvalue weighted by Gasteiger charge is -2.35. The molecule has 0 spiro atoms. The van der Waals surface area contributed by atoms with Gasteiger partial charge in [-0.15, -0.1) is 11.3 Å². The Bertz CT molecular complexity index is 629. The first kappa shape index (κ1) is 12.6. The molecule has 3 rings (SSSR count). The van der Waals surface area contributed by atoms with Crippen LogP contribution in [0.25, 0.3) is 10.1 Å². The fourth-order valence-corrected chi connectivity index (χ4v) is 3.53. The highest BCUT2D eigenvalue weighted by molar-refractivity contribution is 7.16. The fourth-order valence-electron chi connectivity index (χ4n) is 2.59. The molecule has 0 amide bonds. The third-order valence-corrected chi connectivity index (χ3v) is 4.77. The minimum absolute atomic E-state index is 0.180. The summed E-state index contributed by atoms with van der Waals surface area (Å²) >= 11 is 1.66. The van der Waals surface area contributed by atoms with Crippen LogP contribution in [0.2, 0.25) is 0 Å². The van der Waals surface area contributed by atoms with Crippen LogP contribution in [0.1, 0.15) is 6.92 Å². The Morgan fingerprint density at radius 3 is 2.63 bits per heavy atom. The minimum atomic E-state index is 0.180. The maximum Gasteiger partial charge on any atom is 0.211 e. The van der Waals surface area contributed by atoms with Crippen LogP contribution in [-0.4, -0.2) is 37.6 Å². The highest BCUT2D eigenvalue weighted by Gasteiger charge is 2.18. The van der Waals surface area contributed by atoms with Crippen LogP contribution in [-0.2, 0) is 0 Å². The number of hydrogen-bond donors (Lipinski definition) is 0. The number of hydrogen-bond acceptors (Lipinski definition) is 4. The van der Waals surface area contributed by atoms with E-state index < -0.39 is 0 Å². The standard InChI is InChI=1S/C15H18N2OS/c1-2-16-7-9-17(10-8-16)13-11-19-14-6-4-3-5-12(14)15(13)18/h3-6,11H,2,7-10H2,1H3. The Balaban J connectivity index is 1.94. The predicted octanol–water partition coefficient (Wildman–Crippen LogP) is 2.40. The van der Waals surface area contributed by atoms with Crippen molar-refractivity contribution in [3.05, 3.63) is 39.9 Å². The number of benzene rings is 1. The molecule has 19 heavy (non-hydrogen) atoms. The molecule has 1 aromatic carbocycles. The van der Waals surface area contributed by atoms with Crippen LogP contribution in [0.4, 0.5) is 5.69 Å². The van der Waals surface area contributed by atoms with E-state index in [2.05, 4.69) is 16.7 Å². The molecule has 1 aromatic heterocycles. The van der Waals surface area contributed by atoms with Crippen molar-refractivity contribution in [3.63, 3.8) is 0 Å². The summed E-state index contributed by atoms with van der Waals surface area (Å²) in [7, 11) is 0. The average Bonchev–Trinajstić information content (AvgIpc) is 2.48. The number of likely N-dealkylation sites (N-methyl/N-ethyl adjacent to an activating group) is 1. The van der Waals surface area contributed by atoms with Gasteiger partial charge in [-0.1, -0.05) is 19.1 Å². The van der Waals surface area contributed by atoms with Crippen molar-refractivity contribution in [2.24, 2.45) is 0 Å². The molecule has 100 valence electrons. The van der Waals surface area contributed by atoms with E-state index in [4.69, 9.17) is 0 Å². The minimum Gasteiger partial charge on any atom is -0.365 e. The SMILES string of the molecule is CCN1CCN(c2csc3ccccc3c2=O)CC1. The molecule has 2 heterocycles. The van der Waals surface area contributed by atoms with Crippen LogP contribution >= 0.6 is 11.3 Å². The molecule has 0 unspecified atom stereocenters. The molecular weight excluding hydrogens is 256 g/mol. The van der Waals surface area contributed by atoms with Crippen LogP contribution in [0.5, 0.6) is 0 Å². The molecule has 2 aromatic rings. The molecule has 4 heteroatoms. The van der Waals surface area contributed by atoms with E-state index >= 15 is 0 Å². The van der Waals surface area contributed by atoms with E-state index in [9.17, 15) is 4.79 Å². The number of fused-ring (bicyclic) bond motifs is 1. The van der Waals surface area contributed by atoms with Crippen molar-refractivity contribution < 1.29 is 0 Å². The first-order valence-electron chi connectivity index (χ1n) is 6.77. The van der Waals surface area contributed by atoms with Gasteiger partial charge in [0.05, 0.1) is 5.69 Å². The van der Waals surface area contributed by atoms with Gasteiger partial charge in [-0.25, -0.2) is 0 Å². The molecule has 0 radical (unpaired) electrons. The summed E-state index contributed by atoms with van der Waals surface area (Å²) in [6.45, 7) is 7.29. The highest BCUT2D eigenvalue weighted by atomic mass is 32.1. The van der Waals surface area contributed by atoms with Gasteiger partial charge in [0.1, 0.15) is 0 Å². The van der Waals surface area contributed by atoms with Gasteiger partial charge >= 0.3 is 0 Å². The van der Waals surface area contributed by atoms with Gasteiger partial charge in [-0.05, 0) is 18.7 Å². The van der Waals surface area contributed by atoms with Crippen molar-refractivity contribution >= 4 is 27.1 Å². The van der Waals surface area contributed by atoms with E-state index in [-0.39, 0.29) is 5.43 Å². The second kappa shape index (κ2) is 5.31. The second-order valence-electron chi connectivity index (χ2n) is 4.87. The second-order valence-corrected chi connectivity index (χ2v) is 5.78. The highest BCUT2D eigenvalue weighted by Crippen LogP contribution is 2.21. The molecule has 1 saturated heterocycles. The molecule has 0 N–H and O–H groups in total. The average molecular weight is 274 g/mol. The van der Waals surface area contributed by atoms with Gasteiger partial charge in [0.2, 0.25) is 5.43 Å². The Hall–Kier alpha value is -1.39. The van der Waals surface area contributed by atoms with Gasteiger partial charge < -0.3 is 9.80 Å². The van der Waals surface area contributed by atoms with Crippen molar-refractivity contribution in [1.29, 1.82) is 0 Å². The van der Waals surface area contributed by atoms with Gasteiger partial charge in [0.25, 0.3) is 0 Å². The Morgan fingerprint density at radius 1 is 1.16 bits per heavy atom. The normalized spacial score (nSPS) is 17.0. The van der Waals surface area contributed by atoms with E-state index in [0.29, 0.717) is 0 Å². The van der Waals surface area contributed by atoms with Gasteiger partial charge in [-0.2, -0.15) is 0 Å². The van der Waals surface area contributed by atoms with E-state index in [1.54, 1.807) is 11.3 Å². The quantitative estimate of drug-likeness (QED) is 0.840. The fraction of sp³-hybridized carbons (Fsp3) is 0.400. The summed E-state index contributed by atoms with van der Waals surface area (Å²) in [5.74, 6) is 0. The van der Waals surface area contributed by atoms with Crippen molar-refractivity contribution in [2.75, 3.05) is 37.6 Å².